The highest BCUT2D eigenvalue weighted by atomic mass is 35.5. The molecule has 0 spiro atoms. The number of amides is 1. The van der Waals surface area contributed by atoms with Crippen LogP contribution in [0, 0.1) is 0 Å². The largest absolute Gasteiger partial charge is 0.351 e. The van der Waals surface area contributed by atoms with Crippen molar-refractivity contribution in [1.29, 1.82) is 0 Å². The average molecular weight is 178 g/mol. The topological polar surface area (TPSA) is 29.1 Å². The fourth-order valence-electron chi connectivity index (χ4n) is 0.765. The molecule has 0 aromatic heterocycles. The van der Waals surface area contributed by atoms with E-state index >= 15 is 0 Å². The standard InChI is InChI=1S/C8H16ClNO/c1-4-7(11)10-8(2,3)5-6-9/h4-6H2,1-3H3,(H,10,11). The molecule has 66 valence electrons. The third kappa shape index (κ3) is 5.08. The van der Waals surface area contributed by atoms with Crippen LogP contribution in [-0.4, -0.2) is 17.3 Å². The van der Waals surface area contributed by atoms with Gasteiger partial charge >= 0.3 is 0 Å². The van der Waals surface area contributed by atoms with E-state index in [0.717, 1.165) is 6.42 Å². The van der Waals surface area contributed by atoms with Gasteiger partial charge < -0.3 is 5.32 Å². The molecule has 0 aliphatic carbocycles. The first-order chi connectivity index (χ1) is 5.02. The van der Waals surface area contributed by atoms with E-state index in [2.05, 4.69) is 5.32 Å². The smallest absolute Gasteiger partial charge is 0.220 e. The molecule has 3 heteroatoms. The van der Waals surface area contributed by atoms with Crippen LogP contribution in [0.5, 0.6) is 0 Å². The molecule has 0 aliphatic heterocycles. The molecule has 1 N–H and O–H groups in total. The first-order valence-electron chi connectivity index (χ1n) is 3.89. The van der Waals surface area contributed by atoms with Gasteiger partial charge in [-0.3, -0.25) is 4.79 Å². The van der Waals surface area contributed by atoms with Crippen molar-refractivity contribution in [3.63, 3.8) is 0 Å². The van der Waals surface area contributed by atoms with Gasteiger partial charge in [-0.25, -0.2) is 0 Å². The van der Waals surface area contributed by atoms with Crippen LogP contribution in [0.2, 0.25) is 0 Å². The lowest BCUT2D eigenvalue weighted by molar-refractivity contribution is -0.122. The molecule has 0 unspecified atom stereocenters. The summed E-state index contributed by atoms with van der Waals surface area (Å²) < 4.78 is 0. The second-order valence-corrected chi connectivity index (χ2v) is 3.60. The van der Waals surface area contributed by atoms with Crippen molar-refractivity contribution >= 4 is 17.5 Å². The van der Waals surface area contributed by atoms with E-state index in [1.54, 1.807) is 0 Å². The van der Waals surface area contributed by atoms with Gasteiger partial charge in [0.15, 0.2) is 0 Å². The van der Waals surface area contributed by atoms with Crippen molar-refractivity contribution in [3.05, 3.63) is 0 Å². The van der Waals surface area contributed by atoms with Crippen LogP contribution >= 0.6 is 11.6 Å². The van der Waals surface area contributed by atoms with Crippen molar-refractivity contribution in [3.8, 4) is 0 Å². The minimum Gasteiger partial charge on any atom is -0.351 e. The third-order valence-electron chi connectivity index (χ3n) is 1.52. The molecule has 0 radical (unpaired) electrons. The molecule has 0 atom stereocenters. The SMILES string of the molecule is CCC(=O)NC(C)(C)CCCl. The molecule has 0 fully saturated rings. The highest BCUT2D eigenvalue weighted by Crippen LogP contribution is 2.08. The van der Waals surface area contributed by atoms with Gasteiger partial charge in [-0.1, -0.05) is 6.92 Å². The number of carbonyl (C=O) groups excluding carboxylic acids is 1. The van der Waals surface area contributed by atoms with E-state index in [4.69, 9.17) is 11.6 Å². The van der Waals surface area contributed by atoms with E-state index < -0.39 is 0 Å². The van der Waals surface area contributed by atoms with Crippen LogP contribution in [0.25, 0.3) is 0 Å². The second kappa shape index (κ2) is 4.60. The highest BCUT2D eigenvalue weighted by Gasteiger charge is 2.17. The predicted molar refractivity (Wildman–Crippen MR) is 47.8 cm³/mol. The average Bonchev–Trinajstić information content (AvgIpc) is 1.86. The van der Waals surface area contributed by atoms with Gasteiger partial charge in [0.2, 0.25) is 5.91 Å². The Labute approximate surface area is 73.3 Å². The van der Waals surface area contributed by atoms with Crippen molar-refractivity contribution in [2.75, 3.05) is 5.88 Å². The highest BCUT2D eigenvalue weighted by molar-refractivity contribution is 6.17. The summed E-state index contributed by atoms with van der Waals surface area (Å²) in [7, 11) is 0. The molecule has 2 nitrogen and oxygen atoms in total. The first kappa shape index (κ1) is 10.8. The molecule has 0 saturated carbocycles. The lowest BCUT2D eigenvalue weighted by atomic mass is 10.0. The zero-order chi connectivity index (χ0) is 8.91. The Balaban J connectivity index is 3.80. The number of carbonyl (C=O) groups is 1. The Morgan fingerprint density at radius 3 is 2.45 bits per heavy atom. The minimum atomic E-state index is -0.158. The van der Waals surface area contributed by atoms with Gasteiger partial charge in [-0.05, 0) is 20.3 Å². The maximum atomic E-state index is 10.9. The molecular weight excluding hydrogens is 162 g/mol. The van der Waals surface area contributed by atoms with Crippen molar-refractivity contribution in [2.45, 2.75) is 39.2 Å². The number of nitrogens with one attached hydrogen (secondary N) is 1. The maximum Gasteiger partial charge on any atom is 0.220 e. The Morgan fingerprint density at radius 1 is 1.55 bits per heavy atom. The second-order valence-electron chi connectivity index (χ2n) is 3.22. The van der Waals surface area contributed by atoms with E-state index in [-0.39, 0.29) is 11.4 Å². The molecular formula is C8H16ClNO. The number of halogens is 1. The zero-order valence-corrected chi connectivity index (χ0v) is 8.16. The summed E-state index contributed by atoms with van der Waals surface area (Å²) in [6.45, 7) is 5.79. The van der Waals surface area contributed by atoms with E-state index in [1.807, 2.05) is 20.8 Å². The normalized spacial score (nSPS) is 11.3. The molecule has 0 heterocycles. The molecule has 0 rings (SSSR count). The predicted octanol–water partition coefficient (Wildman–Crippen LogP) is 1.92. The number of hydrogen-bond acceptors (Lipinski definition) is 1. The van der Waals surface area contributed by atoms with Crippen LogP contribution < -0.4 is 5.32 Å². The molecule has 11 heavy (non-hydrogen) atoms. The Kier molecular flexibility index (Phi) is 4.50. The Bertz CT molecular complexity index is 134. The molecule has 0 bridgehead atoms. The number of rotatable bonds is 4. The van der Waals surface area contributed by atoms with Gasteiger partial charge in [0.25, 0.3) is 0 Å². The van der Waals surface area contributed by atoms with E-state index in [0.29, 0.717) is 12.3 Å². The zero-order valence-electron chi connectivity index (χ0n) is 7.41. The van der Waals surface area contributed by atoms with Crippen LogP contribution in [0.15, 0.2) is 0 Å². The van der Waals surface area contributed by atoms with Gasteiger partial charge in [-0.2, -0.15) is 0 Å². The van der Waals surface area contributed by atoms with Gasteiger partial charge in [0, 0.05) is 17.8 Å². The summed E-state index contributed by atoms with van der Waals surface area (Å²) in [6, 6.07) is 0. The van der Waals surface area contributed by atoms with Gasteiger partial charge in [-0.15, -0.1) is 11.6 Å². The molecule has 0 aliphatic rings. The Morgan fingerprint density at radius 2 is 2.09 bits per heavy atom. The fraction of sp³-hybridized carbons (Fsp3) is 0.875. The summed E-state index contributed by atoms with van der Waals surface area (Å²) in [5, 5.41) is 2.88. The molecule has 1 amide bonds. The van der Waals surface area contributed by atoms with Crippen LogP contribution in [-0.2, 0) is 4.79 Å². The number of hydrogen-bond donors (Lipinski definition) is 1. The van der Waals surface area contributed by atoms with Gasteiger partial charge in [0.1, 0.15) is 0 Å². The lowest BCUT2D eigenvalue weighted by Crippen LogP contribution is -2.43. The maximum absolute atomic E-state index is 10.9. The Hall–Kier alpha value is -0.240. The molecule has 0 saturated heterocycles. The van der Waals surface area contributed by atoms with Crippen LogP contribution in [0.3, 0.4) is 0 Å². The summed E-state index contributed by atoms with van der Waals surface area (Å²) in [6.07, 6.45) is 1.34. The summed E-state index contributed by atoms with van der Waals surface area (Å²) in [4.78, 5) is 10.9. The summed E-state index contributed by atoms with van der Waals surface area (Å²) >= 11 is 5.56. The summed E-state index contributed by atoms with van der Waals surface area (Å²) in [5.74, 6) is 0.664. The van der Waals surface area contributed by atoms with Crippen molar-refractivity contribution in [2.24, 2.45) is 0 Å². The fourth-order valence-corrected chi connectivity index (χ4v) is 1.24. The van der Waals surface area contributed by atoms with Crippen molar-refractivity contribution in [1.82, 2.24) is 5.32 Å². The molecule has 0 aromatic carbocycles. The quantitative estimate of drug-likeness (QED) is 0.654. The number of alkyl halides is 1. The first-order valence-corrected chi connectivity index (χ1v) is 4.42. The van der Waals surface area contributed by atoms with Gasteiger partial charge in [0.05, 0.1) is 0 Å². The van der Waals surface area contributed by atoms with Crippen LogP contribution in [0.1, 0.15) is 33.6 Å². The summed E-state index contributed by atoms with van der Waals surface area (Å²) in [5.41, 5.74) is -0.158. The molecule has 0 aromatic rings. The van der Waals surface area contributed by atoms with E-state index in [9.17, 15) is 4.79 Å². The third-order valence-corrected chi connectivity index (χ3v) is 1.71. The van der Waals surface area contributed by atoms with Crippen LogP contribution in [0.4, 0.5) is 0 Å². The minimum absolute atomic E-state index is 0.0834. The monoisotopic (exact) mass is 177 g/mol. The van der Waals surface area contributed by atoms with Crippen molar-refractivity contribution < 1.29 is 4.79 Å². The lowest BCUT2D eigenvalue weighted by Gasteiger charge is -2.24. The van der Waals surface area contributed by atoms with E-state index in [1.165, 1.54) is 0 Å².